The maximum absolute atomic E-state index is 12.9. The normalized spacial score (nSPS) is 22.7. The summed E-state index contributed by atoms with van der Waals surface area (Å²) in [5.41, 5.74) is 4.01. The van der Waals surface area contributed by atoms with Crippen molar-refractivity contribution >= 4 is 11.7 Å². The summed E-state index contributed by atoms with van der Waals surface area (Å²) in [7, 11) is 3.26. The number of carbonyl (C=O) groups excluding carboxylic acids is 1. The van der Waals surface area contributed by atoms with Gasteiger partial charge < -0.3 is 40.2 Å². The molecule has 2 aromatic carbocycles. The Morgan fingerprint density at radius 1 is 1.10 bits per heavy atom. The van der Waals surface area contributed by atoms with Gasteiger partial charge in [-0.1, -0.05) is 37.8 Å². The van der Waals surface area contributed by atoms with Gasteiger partial charge in [0.1, 0.15) is 12.5 Å². The molecule has 2 heterocycles. The molecule has 0 unspecified atom stereocenters. The second-order valence-electron chi connectivity index (χ2n) is 13.4. The van der Waals surface area contributed by atoms with Gasteiger partial charge in [0.25, 0.3) is 0 Å². The number of aliphatic hydroxyl groups excluding tert-OH is 2. The number of nitrogens with one attached hydrogen (secondary N) is 3. The zero-order valence-corrected chi connectivity index (χ0v) is 28.5. The van der Waals surface area contributed by atoms with E-state index in [1.165, 1.54) is 7.11 Å². The van der Waals surface area contributed by atoms with Crippen molar-refractivity contribution < 1.29 is 34.3 Å². The second kappa shape index (κ2) is 16.4. The van der Waals surface area contributed by atoms with E-state index in [1.807, 2.05) is 0 Å². The molecule has 0 saturated carbocycles. The maximum Gasteiger partial charge on any atom is 0.200 e. The van der Waals surface area contributed by atoms with Crippen molar-refractivity contribution in [1.82, 2.24) is 16.0 Å². The molecule has 0 spiro atoms. The molecule has 260 valence electrons. The predicted octanol–water partition coefficient (Wildman–Crippen LogP) is 2.97. The molecule has 6 N–H and O–H groups in total. The van der Waals surface area contributed by atoms with Crippen LogP contribution in [0.15, 0.2) is 23.2 Å². The third-order valence-corrected chi connectivity index (χ3v) is 9.13. The molecule has 2 aromatic rings. The number of carbonyl (C=O) groups is 1. The number of aliphatic imine (C=N–C) groups is 1. The van der Waals surface area contributed by atoms with E-state index >= 15 is 0 Å². The van der Waals surface area contributed by atoms with E-state index in [2.05, 4.69) is 52.7 Å². The van der Waals surface area contributed by atoms with Gasteiger partial charge in [-0.3, -0.25) is 15.1 Å². The average Bonchev–Trinajstić information content (AvgIpc) is 3.06. The average molecular weight is 663 g/mol. The standard InChI is InChI=1S/C37H50N4O7/c1-22(2)20-40-37-39-15-14-27(41-37)17-26-18-31-24-9-12-29(43)19-28(42)11-8-23-10-13-32(44)34(46-4)30(23)7-5-6-25(16-24)33(47-21-38-3)35(31)48-36(26)45/h10,13,16,22,26-27,29,36,38,43-45H,6,8-9,11-12,14-15,17-21H2,1-4H3,(H2,39,40,41)/t26-,27-,29-,36-/m1/s1. The summed E-state index contributed by atoms with van der Waals surface area (Å²) in [5.74, 6) is 8.72. The first-order chi connectivity index (χ1) is 23.2. The summed E-state index contributed by atoms with van der Waals surface area (Å²) < 4.78 is 18.0. The summed E-state index contributed by atoms with van der Waals surface area (Å²) in [6, 6.07) is 5.49. The number of phenolic OH excluding ortho intramolecular Hbond substituents is 1. The second-order valence-corrected chi connectivity index (χ2v) is 13.4. The molecular weight excluding hydrogens is 612 g/mol. The zero-order valence-electron chi connectivity index (χ0n) is 28.5. The summed E-state index contributed by atoms with van der Waals surface area (Å²) >= 11 is 0. The Bertz CT molecular complexity index is 1550. The van der Waals surface area contributed by atoms with E-state index in [-0.39, 0.29) is 48.8 Å². The Labute approximate surface area is 283 Å². The fraction of sp³-hybridized carbons (Fsp3) is 0.568. The fourth-order valence-corrected chi connectivity index (χ4v) is 6.63. The van der Waals surface area contributed by atoms with E-state index in [1.54, 1.807) is 19.2 Å². The monoisotopic (exact) mass is 662 g/mol. The number of ether oxygens (including phenoxy) is 3. The topological polar surface area (TPSA) is 154 Å². The number of fused-ring (bicyclic) bond motifs is 5. The van der Waals surface area contributed by atoms with Gasteiger partial charge >= 0.3 is 0 Å². The number of ketones is 1. The smallest absolute Gasteiger partial charge is 0.200 e. The van der Waals surface area contributed by atoms with Crippen LogP contribution in [0.5, 0.6) is 23.0 Å². The molecule has 1 aliphatic carbocycles. The Hall–Kier alpha value is -3.98. The number of aryl methyl sites for hydroxylation is 2. The number of nitrogens with zero attached hydrogens (tertiary/aromatic N) is 1. The number of methoxy groups -OCH3 is 1. The number of guanidine groups is 1. The SMILES string of the molecule is CNCOc1c2cc(c3c1O[C@@H](O)[C@H](C[C@H]1CCN=C(NCC(C)C)N1)C3)CC[C@@H](O)CC(=O)CCc1ccc(O)c(OC)c1C#CC2. The van der Waals surface area contributed by atoms with E-state index in [0.717, 1.165) is 41.2 Å². The molecule has 4 atom stereocenters. The van der Waals surface area contributed by atoms with Gasteiger partial charge in [0.05, 0.1) is 18.8 Å². The van der Waals surface area contributed by atoms with Crippen molar-refractivity contribution in [2.24, 2.45) is 16.8 Å². The van der Waals surface area contributed by atoms with Crippen LogP contribution in [0.3, 0.4) is 0 Å². The lowest BCUT2D eigenvalue weighted by atomic mass is 9.84. The van der Waals surface area contributed by atoms with E-state index in [4.69, 9.17) is 14.2 Å². The Kier molecular flexibility index (Phi) is 12.1. The van der Waals surface area contributed by atoms with Crippen molar-refractivity contribution in [3.8, 4) is 34.8 Å². The van der Waals surface area contributed by atoms with Crippen LogP contribution in [-0.4, -0.2) is 79.5 Å². The van der Waals surface area contributed by atoms with Crippen LogP contribution in [0, 0.1) is 23.7 Å². The van der Waals surface area contributed by atoms with Gasteiger partial charge in [0.2, 0.25) is 6.29 Å². The summed E-state index contributed by atoms with van der Waals surface area (Å²) in [4.78, 5) is 17.5. The lowest BCUT2D eigenvalue weighted by Crippen LogP contribution is -2.49. The van der Waals surface area contributed by atoms with Crippen molar-refractivity contribution in [2.45, 2.75) is 90.1 Å². The molecule has 48 heavy (non-hydrogen) atoms. The van der Waals surface area contributed by atoms with Gasteiger partial charge in [0.15, 0.2) is 29.0 Å². The number of hydrogen-bond acceptors (Lipinski definition) is 11. The highest BCUT2D eigenvalue weighted by Gasteiger charge is 2.36. The molecule has 0 saturated heterocycles. The van der Waals surface area contributed by atoms with Crippen molar-refractivity contribution in [3.63, 3.8) is 0 Å². The van der Waals surface area contributed by atoms with E-state index < -0.39 is 12.4 Å². The Morgan fingerprint density at radius 2 is 1.94 bits per heavy atom. The van der Waals surface area contributed by atoms with Crippen LogP contribution in [0.25, 0.3) is 0 Å². The van der Waals surface area contributed by atoms with Crippen LogP contribution in [-0.2, 0) is 30.5 Å². The minimum absolute atomic E-state index is 0.0324. The zero-order chi connectivity index (χ0) is 34.2. The lowest BCUT2D eigenvalue weighted by Gasteiger charge is -2.36. The quantitative estimate of drug-likeness (QED) is 0.184. The molecule has 0 radical (unpaired) electrons. The first-order valence-corrected chi connectivity index (χ1v) is 17.1. The first kappa shape index (κ1) is 35.3. The highest BCUT2D eigenvalue weighted by atomic mass is 16.6. The van der Waals surface area contributed by atoms with Gasteiger partial charge in [-0.2, -0.15) is 0 Å². The lowest BCUT2D eigenvalue weighted by molar-refractivity contribution is -0.121. The fourth-order valence-electron chi connectivity index (χ4n) is 6.63. The third-order valence-electron chi connectivity index (χ3n) is 9.13. The number of rotatable bonds is 8. The summed E-state index contributed by atoms with van der Waals surface area (Å²) in [6.45, 7) is 6.06. The van der Waals surface area contributed by atoms with Crippen LogP contribution < -0.4 is 30.2 Å². The highest BCUT2D eigenvalue weighted by Crippen LogP contribution is 2.45. The first-order valence-electron chi connectivity index (χ1n) is 17.1. The molecule has 2 aliphatic heterocycles. The number of benzene rings is 2. The number of aliphatic hydroxyl groups is 2. The molecule has 0 aromatic heterocycles. The number of aromatic hydroxyl groups is 1. The Balaban J connectivity index is 1.50. The van der Waals surface area contributed by atoms with Gasteiger partial charge in [0, 0.05) is 55.4 Å². The van der Waals surface area contributed by atoms with Crippen LogP contribution in [0.4, 0.5) is 0 Å². The molecule has 0 fully saturated rings. The minimum Gasteiger partial charge on any atom is -0.504 e. The third kappa shape index (κ3) is 8.73. The molecule has 3 aliphatic rings. The van der Waals surface area contributed by atoms with Crippen LogP contribution >= 0.6 is 0 Å². The number of Topliss-reactive ketones (excluding diaryl/α,β-unsaturated/α-hetero) is 1. The van der Waals surface area contributed by atoms with E-state index in [9.17, 15) is 20.1 Å². The molecule has 2 bridgehead atoms. The van der Waals surface area contributed by atoms with Crippen molar-refractivity contribution in [3.05, 3.63) is 46.0 Å². The number of hydrogen-bond donors (Lipinski definition) is 6. The summed E-state index contributed by atoms with van der Waals surface area (Å²) in [6.07, 6.45) is 2.18. The van der Waals surface area contributed by atoms with E-state index in [0.29, 0.717) is 68.1 Å². The predicted molar refractivity (Wildman–Crippen MR) is 184 cm³/mol. The highest BCUT2D eigenvalue weighted by molar-refractivity contribution is 5.80. The molecule has 5 rings (SSSR count). The molecule has 11 heteroatoms. The van der Waals surface area contributed by atoms with Gasteiger partial charge in [-0.05, 0) is 68.7 Å². The van der Waals surface area contributed by atoms with Crippen molar-refractivity contribution in [2.75, 3.05) is 34.0 Å². The molecular formula is C37H50N4O7. The number of phenols is 1. The van der Waals surface area contributed by atoms with Crippen molar-refractivity contribution in [1.29, 1.82) is 0 Å². The summed E-state index contributed by atoms with van der Waals surface area (Å²) in [5, 5.41) is 42.7. The molecule has 0 amide bonds. The maximum atomic E-state index is 12.9. The Morgan fingerprint density at radius 3 is 2.71 bits per heavy atom. The largest absolute Gasteiger partial charge is 0.504 e. The van der Waals surface area contributed by atoms with Crippen LogP contribution in [0.2, 0.25) is 0 Å². The van der Waals surface area contributed by atoms with Gasteiger partial charge in [-0.25, -0.2) is 0 Å². The van der Waals surface area contributed by atoms with Gasteiger partial charge in [-0.15, -0.1) is 0 Å². The minimum atomic E-state index is -1.05. The molecule has 11 nitrogen and oxygen atoms in total. The van der Waals surface area contributed by atoms with Crippen LogP contribution in [0.1, 0.15) is 73.8 Å².